The lowest BCUT2D eigenvalue weighted by atomic mass is 10.2. The quantitative estimate of drug-likeness (QED) is 0.712. The van der Waals surface area contributed by atoms with Crippen molar-refractivity contribution in [2.75, 3.05) is 18.4 Å². The zero-order valence-electron chi connectivity index (χ0n) is 10.6. The normalized spacial score (nSPS) is 18.4. The number of amides is 2. The van der Waals surface area contributed by atoms with Gasteiger partial charge in [0.15, 0.2) is 0 Å². The van der Waals surface area contributed by atoms with Crippen LogP contribution in [0.1, 0.15) is 23.7 Å². The number of carbonyl (C=O) groups excluding carboxylic acids is 1. The number of aromatic hydroxyl groups is 1. The van der Waals surface area contributed by atoms with Gasteiger partial charge < -0.3 is 20.4 Å². The molecular formula is C13H16N2O4. The molecule has 6 nitrogen and oxygen atoms in total. The third-order valence-corrected chi connectivity index (χ3v) is 3.19. The zero-order valence-corrected chi connectivity index (χ0v) is 10.6. The Morgan fingerprint density at radius 1 is 1.42 bits per heavy atom. The number of likely N-dealkylation sites (tertiary alicyclic amines) is 1. The Balaban J connectivity index is 2.09. The molecule has 0 saturated carbocycles. The number of phenols is 1. The molecule has 0 radical (unpaired) electrons. The monoisotopic (exact) mass is 264 g/mol. The van der Waals surface area contributed by atoms with E-state index in [1.165, 1.54) is 18.2 Å². The molecule has 1 saturated heterocycles. The van der Waals surface area contributed by atoms with Crippen LogP contribution in [0, 0.1) is 5.92 Å². The highest BCUT2D eigenvalue weighted by molar-refractivity contribution is 5.95. The van der Waals surface area contributed by atoms with E-state index in [4.69, 9.17) is 5.11 Å². The lowest BCUT2D eigenvalue weighted by Crippen LogP contribution is -2.32. The fourth-order valence-corrected chi connectivity index (χ4v) is 2.11. The number of anilines is 1. The lowest BCUT2D eigenvalue weighted by molar-refractivity contribution is 0.0693. The average molecular weight is 264 g/mol. The van der Waals surface area contributed by atoms with Crippen LogP contribution in [0.2, 0.25) is 0 Å². The molecule has 102 valence electrons. The Bertz CT molecular complexity index is 515. The summed E-state index contributed by atoms with van der Waals surface area (Å²) >= 11 is 0. The maximum atomic E-state index is 11.9. The summed E-state index contributed by atoms with van der Waals surface area (Å²) in [5.41, 5.74) is 0.132. The summed E-state index contributed by atoms with van der Waals surface area (Å²) < 4.78 is 0. The molecule has 0 spiro atoms. The SMILES string of the molecule is CC1CCN(C(=O)Nc2ccc(O)c(C(=O)O)c2)C1. The van der Waals surface area contributed by atoms with Crippen LogP contribution in [0.4, 0.5) is 10.5 Å². The summed E-state index contributed by atoms with van der Waals surface area (Å²) in [6, 6.07) is 3.73. The Labute approximate surface area is 110 Å². The van der Waals surface area contributed by atoms with Crippen LogP contribution >= 0.6 is 0 Å². The number of hydrogen-bond donors (Lipinski definition) is 3. The molecule has 1 aliphatic heterocycles. The number of carbonyl (C=O) groups is 2. The first-order chi connectivity index (χ1) is 8.97. The van der Waals surface area contributed by atoms with Crippen LogP contribution in [-0.4, -0.2) is 40.2 Å². The molecule has 0 bridgehead atoms. The van der Waals surface area contributed by atoms with Crippen molar-refractivity contribution in [1.82, 2.24) is 4.90 Å². The third kappa shape index (κ3) is 2.96. The summed E-state index contributed by atoms with van der Waals surface area (Å²) in [6.07, 6.45) is 0.976. The smallest absolute Gasteiger partial charge is 0.339 e. The predicted octanol–water partition coefficient (Wildman–Crippen LogP) is 1.96. The van der Waals surface area contributed by atoms with Gasteiger partial charge in [-0.2, -0.15) is 0 Å². The van der Waals surface area contributed by atoms with E-state index >= 15 is 0 Å². The van der Waals surface area contributed by atoms with Crippen molar-refractivity contribution in [3.63, 3.8) is 0 Å². The van der Waals surface area contributed by atoms with E-state index in [2.05, 4.69) is 12.2 Å². The Kier molecular flexibility index (Phi) is 3.59. The lowest BCUT2D eigenvalue weighted by Gasteiger charge is -2.17. The minimum Gasteiger partial charge on any atom is -0.507 e. The summed E-state index contributed by atoms with van der Waals surface area (Å²) in [5.74, 6) is -1.07. The van der Waals surface area contributed by atoms with Gasteiger partial charge in [0, 0.05) is 18.8 Å². The van der Waals surface area contributed by atoms with E-state index in [0.29, 0.717) is 24.7 Å². The van der Waals surface area contributed by atoms with E-state index in [-0.39, 0.29) is 17.3 Å². The molecule has 1 heterocycles. The fraction of sp³-hybridized carbons (Fsp3) is 0.385. The van der Waals surface area contributed by atoms with Crippen LogP contribution < -0.4 is 5.32 Å². The molecule has 1 atom stereocenters. The number of benzene rings is 1. The van der Waals surface area contributed by atoms with E-state index < -0.39 is 5.97 Å². The largest absolute Gasteiger partial charge is 0.507 e. The number of urea groups is 1. The summed E-state index contributed by atoms with van der Waals surface area (Å²) in [6.45, 7) is 3.49. The highest BCUT2D eigenvalue weighted by Gasteiger charge is 2.23. The molecule has 1 aliphatic rings. The summed E-state index contributed by atoms with van der Waals surface area (Å²) in [5, 5.41) is 20.9. The number of nitrogens with zero attached hydrogens (tertiary/aromatic N) is 1. The van der Waals surface area contributed by atoms with E-state index in [9.17, 15) is 14.7 Å². The molecule has 6 heteroatoms. The molecule has 1 unspecified atom stereocenters. The van der Waals surface area contributed by atoms with Crippen molar-refractivity contribution in [2.45, 2.75) is 13.3 Å². The maximum Gasteiger partial charge on any atom is 0.339 e. The van der Waals surface area contributed by atoms with Gasteiger partial charge in [0.05, 0.1) is 0 Å². The van der Waals surface area contributed by atoms with Crippen LogP contribution in [0.25, 0.3) is 0 Å². The van der Waals surface area contributed by atoms with Gasteiger partial charge in [-0.3, -0.25) is 0 Å². The topological polar surface area (TPSA) is 89.9 Å². The van der Waals surface area contributed by atoms with Gasteiger partial charge in [0.1, 0.15) is 11.3 Å². The predicted molar refractivity (Wildman–Crippen MR) is 69.4 cm³/mol. The molecule has 1 fully saturated rings. The molecule has 1 aromatic carbocycles. The first-order valence-electron chi connectivity index (χ1n) is 6.09. The van der Waals surface area contributed by atoms with Crippen LogP contribution in [0.3, 0.4) is 0 Å². The van der Waals surface area contributed by atoms with E-state index in [0.717, 1.165) is 6.42 Å². The van der Waals surface area contributed by atoms with Gasteiger partial charge in [-0.1, -0.05) is 6.92 Å². The van der Waals surface area contributed by atoms with Crippen LogP contribution in [0.5, 0.6) is 5.75 Å². The van der Waals surface area contributed by atoms with Crippen molar-refractivity contribution in [2.24, 2.45) is 5.92 Å². The second-order valence-corrected chi connectivity index (χ2v) is 4.81. The minimum atomic E-state index is -1.23. The van der Waals surface area contributed by atoms with Crippen molar-refractivity contribution in [3.05, 3.63) is 23.8 Å². The number of carboxylic acids is 1. The van der Waals surface area contributed by atoms with Crippen molar-refractivity contribution in [1.29, 1.82) is 0 Å². The Morgan fingerprint density at radius 3 is 2.74 bits per heavy atom. The number of hydrogen-bond acceptors (Lipinski definition) is 3. The molecular weight excluding hydrogens is 248 g/mol. The average Bonchev–Trinajstić information content (AvgIpc) is 2.78. The third-order valence-electron chi connectivity index (χ3n) is 3.19. The molecule has 1 aromatic rings. The van der Waals surface area contributed by atoms with Gasteiger partial charge in [0.2, 0.25) is 0 Å². The van der Waals surface area contributed by atoms with Gasteiger partial charge in [-0.15, -0.1) is 0 Å². The van der Waals surface area contributed by atoms with Crippen molar-refractivity contribution >= 4 is 17.7 Å². The second-order valence-electron chi connectivity index (χ2n) is 4.81. The van der Waals surface area contributed by atoms with Gasteiger partial charge in [-0.25, -0.2) is 9.59 Å². The summed E-state index contributed by atoms with van der Waals surface area (Å²) in [4.78, 5) is 24.5. The highest BCUT2D eigenvalue weighted by Crippen LogP contribution is 2.22. The minimum absolute atomic E-state index is 0.229. The fourth-order valence-electron chi connectivity index (χ4n) is 2.11. The van der Waals surface area contributed by atoms with Gasteiger partial charge in [-0.05, 0) is 30.5 Å². The van der Waals surface area contributed by atoms with Crippen LogP contribution in [0.15, 0.2) is 18.2 Å². The van der Waals surface area contributed by atoms with E-state index in [1.54, 1.807) is 4.90 Å². The Hall–Kier alpha value is -2.24. The molecule has 2 amide bonds. The molecule has 0 aromatic heterocycles. The number of nitrogens with one attached hydrogen (secondary N) is 1. The second kappa shape index (κ2) is 5.17. The van der Waals surface area contributed by atoms with Gasteiger partial charge in [0.25, 0.3) is 0 Å². The summed E-state index contributed by atoms with van der Waals surface area (Å²) in [7, 11) is 0. The number of aromatic carboxylic acids is 1. The molecule has 3 N–H and O–H groups in total. The zero-order chi connectivity index (χ0) is 14.0. The standard InChI is InChI=1S/C13H16N2O4/c1-8-4-5-15(7-8)13(19)14-9-2-3-11(16)10(6-9)12(17)18/h2-3,6,8,16H,4-5,7H2,1H3,(H,14,19)(H,17,18). The first-order valence-corrected chi connectivity index (χ1v) is 6.09. The highest BCUT2D eigenvalue weighted by atomic mass is 16.4. The van der Waals surface area contributed by atoms with Crippen molar-refractivity contribution in [3.8, 4) is 5.75 Å². The Morgan fingerprint density at radius 2 is 2.16 bits per heavy atom. The first kappa shape index (κ1) is 13.2. The molecule has 2 rings (SSSR count). The maximum absolute atomic E-state index is 11.9. The molecule has 19 heavy (non-hydrogen) atoms. The van der Waals surface area contributed by atoms with Crippen molar-refractivity contribution < 1.29 is 19.8 Å². The van der Waals surface area contributed by atoms with E-state index in [1.807, 2.05) is 0 Å². The number of carboxylic acid groups (broad SMARTS) is 1. The number of rotatable bonds is 2. The van der Waals surface area contributed by atoms with Crippen LogP contribution in [-0.2, 0) is 0 Å². The molecule has 0 aliphatic carbocycles. The van der Waals surface area contributed by atoms with Gasteiger partial charge >= 0.3 is 12.0 Å².